The van der Waals surface area contributed by atoms with Gasteiger partial charge in [-0.15, -0.1) is 0 Å². The van der Waals surface area contributed by atoms with Crippen molar-refractivity contribution in [2.75, 3.05) is 36.5 Å². The summed E-state index contributed by atoms with van der Waals surface area (Å²) in [4.78, 5) is 45.5. The fraction of sp³-hybridized carbons (Fsp3) is 0.700. The van der Waals surface area contributed by atoms with E-state index in [2.05, 4.69) is 29.4 Å². The number of likely N-dealkylation sites (tertiary alicyclic amines) is 1. The summed E-state index contributed by atoms with van der Waals surface area (Å²) >= 11 is 0. The smallest absolute Gasteiger partial charge is 0.250 e. The fourth-order valence-electron chi connectivity index (χ4n) is 7.19. The van der Waals surface area contributed by atoms with Crippen LogP contribution in [0.2, 0.25) is 0 Å². The summed E-state index contributed by atoms with van der Waals surface area (Å²) < 4.78 is 6.66. The molecule has 39 heavy (non-hydrogen) atoms. The van der Waals surface area contributed by atoms with Crippen LogP contribution in [0.15, 0.2) is 24.3 Å². The molecule has 0 aliphatic carbocycles. The van der Waals surface area contributed by atoms with E-state index in [0.717, 1.165) is 25.2 Å². The number of nitrogens with one attached hydrogen (secondary N) is 2. The van der Waals surface area contributed by atoms with Gasteiger partial charge >= 0.3 is 0 Å². The highest BCUT2D eigenvalue weighted by molar-refractivity contribution is 6.04. The Hall–Kier alpha value is -2.65. The van der Waals surface area contributed by atoms with Crippen LogP contribution in [-0.4, -0.2) is 77.3 Å². The molecule has 0 radical (unpaired) electrons. The summed E-state index contributed by atoms with van der Waals surface area (Å²) in [6, 6.07) is 6.20. The van der Waals surface area contributed by atoms with Gasteiger partial charge in [-0.2, -0.15) is 0 Å². The Morgan fingerprint density at radius 3 is 2.36 bits per heavy atom. The first-order valence-corrected chi connectivity index (χ1v) is 14.6. The van der Waals surface area contributed by atoms with Gasteiger partial charge < -0.3 is 30.3 Å². The molecule has 216 valence electrons. The second kappa shape index (κ2) is 11.5. The predicted octanol–water partition coefficient (Wildman–Crippen LogP) is 3.17. The second-order valence-corrected chi connectivity index (χ2v) is 11.9. The summed E-state index contributed by atoms with van der Waals surface area (Å²) in [5, 5.41) is 16.4. The van der Waals surface area contributed by atoms with Gasteiger partial charge in [-0.05, 0) is 76.6 Å². The highest BCUT2D eigenvalue weighted by Gasteiger charge is 2.78. The number of ether oxygens (including phenoxy) is 1. The molecule has 3 heterocycles. The molecule has 2 bridgehead atoms. The summed E-state index contributed by atoms with van der Waals surface area (Å²) in [5.74, 6) is -2.07. The van der Waals surface area contributed by atoms with Crippen LogP contribution in [-0.2, 0) is 19.1 Å². The lowest BCUT2D eigenvalue weighted by molar-refractivity contribution is -0.148. The third-order valence-corrected chi connectivity index (χ3v) is 8.91. The molecule has 9 nitrogen and oxygen atoms in total. The van der Waals surface area contributed by atoms with E-state index in [1.807, 2.05) is 52.0 Å². The molecule has 3 saturated heterocycles. The Balaban J connectivity index is 1.70. The second-order valence-electron chi connectivity index (χ2n) is 11.9. The first kappa shape index (κ1) is 29.3. The van der Waals surface area contributed by atoms with E-state index in [9.17, 15) is 19.5 Å². The summed E-state index contributed by atoms with van der Waals surface area (Å²) in [5.41, 5.74) is -0.238. The molecule has 9 heteroatoms. The molecule has 0 saturated carbocycles. The standard InChI is InChI=1S/C30H46N4O5/c1-7-16-31-26(36)23-24-28(38)34(22(18-35)17-19(4)5)25(30(24)15-14-29(23,6)39-30)27(37)32-20-10-12-21(13-11-20)33(8-2)9-3/h10-13,19,22-25,35H,7-9,14-18H2,1-6H3,(H,31,36)(H,32,37)/t22-,23-,24+,25?,29+,30?/m1/s1. The number of amides is 3. The first-order chi connectivity index (χ1) is 18.6. The molecular formula is C30H46N4O5. The molecule has 1 spiro atoms. The molecule has 1 aromatic carbocycles. The number of hydrogen-bond donors (Lipinski definition) is 3. The number of hydrogen-bond acceptors (Lipinski definition) is 6. The molecule has 3 amide bonds. The number of fused-ring (bicyclic) bond motifs is 1. The Morgan fingerprint density at radius 1 is 1.13 bits per heavy atom. The van der Waals surface area contributed by atoms with Gasteiger partial charge in [-0.25, -0.2) is 0 Å². The molecule has 3 fully saturated rings. The van der Waals surface area contributed by atoms with Gasteiger partial charge in [0.2, 0.25) is 17.7 Å². The van der Waals surface area contributed by atoms with Gasteiger partial charge in [0.25, 0.3) is 0 Å². The van der Waals surface area contributed by atoms with Gasteiger partial charge in [0.1, 0.15) is 11.6 Å². The van der Waals surface area contributed by atoms with Gasteiger partial charge in [0, 0.05) is 31.0 Å². The molecule has 3 aliphatic heterocycles. The van der Waals surface area contributed by atoms with Crippen LogP contribution in [0, 0.1) is 17.8 Å². The largest absolute Gasteiger partial charge is 0.394 e. The summed E-state index contributed by atoms with van der Waals surface area (Å²) in [7, 11) is 0. The van der Waals surface area contributed by atoms with Gasteiger partial charge in [0.15, 0.2) is 0 Å². The molecule has 3 N–H and O–H groups in total. The lowest BCUT2D eigenvalue weighted by atomic mass is 9.66. The van der Waals surface area contributed by atoms with Crippen LogP contribution in [0.1, 0.15) is 67.2 Å². The first-order valence-electron chi connectivity index (χ1n) is 14.6. The van der Waals surface area contributed by atoms with Crippen molar-refractivity contribution in [2.24, 2.45) is 17.8 Å². The Labute approximate surface area is 232 Å². The van der Waals surface area contributed by atoms with E-state index >= 15 is 0 Å². The lowest BCUT2D eigenvalue weighted by Gasteiger charge is -2.37. The number of benzene rings is 1. The average Bonchev–Trinajstić information content (AvgIpc) is 3.48. The van der Waals surface area contributed by atoms with Crippen LogP contribution >= 0.6 is 0 Å². The van der Waals surface area contributed by atoms with Gasteiger partial charge in [-0.3, -0.25) is 14.4 Å². The van der Waals surface area contributed by atoms with Crippen molar-refractivity contribution in [3.63, 3.8) is 0 Å². The number of rotatable bonds is 12. The Bertz CT molecular complexity index is 1060. The average molecular weight is 543 g/mol. The third-order valence-electron chi connectivity index (χ3n) is 8.91. The predicted molar refractivity (Wildman–Crippen MR) is 151 cm³/mol. The maximum atomic E-state index is 14.2. The minimum atomic E-state index is -1.12. The molecule has 4 rings (SSSR count). The maximum absolute atomic E-state index is 14.2. The summed E-state index contributed by atoms with van der Waals surface area (Å²) in [6.45, 7) is 14.1. The number of carbonyl (C=O) groups is 3. The molecule has 1 aromatic rings. The van der Waals surface area contributed by atoms with Crippen molar-refractivity contribution < 1.29 is 24.2 Å². The Kier molecular flexibility index (Phi) is 8.61. The SMILES string of the molecule is CCCNC(=O)[C@H]1[C@H]2C(=O)N([C@@H](CO)CC(C)C)C(C(=O)Nc3ccc(N(CC)CC)cc3)C23CC[C@]1(C)O3. The van der Waals surface area contributed by atoms with E-state index < -0.39 is 35.1 Å². The van der Waals surface area contributed by atoms with Crippen molar-refractivity contribution in [3.05, 3.63) is 24.3 Å². The van der Waals surface area contributed by atoms with E-state index in [0.29, 0.717) is 31.5 Å². The van der Waals surface area contributed by atoms with Crippen molar-refractivity contribution in [3.8, 4) is 0 Å². The van der Waals surface area contributed by atoms with Crippen LogP contribution < -0.4 is 15.5 Å². The topological polar surface area (TPSA) is 111 Å². The van der Waals surface area contributed by atoms with E-state index in [-0.39, 0.29) is 30.2 Å². The molecule has 2 unspecified atom stereocenters. The number of anilines is 2. The molecule has 3 aliphatic rings. The van der Waals surface area contributed by atoms with Crippen LogP contribution in [0.4, 0.5) is 11.4 Å². The molecule has 6 atom stereocenters. The third kappa shape index (κ3) is 5.04. The monoisotopic (exact) mass is 542 g/mol. The zero-order chi connectivity index (χ0) is 28.5. The van der Waals surface area contributed by atoms with Crippen LogP contribution in [0.5, 0.6) is 0 Å². The van der Waals surface area contributed by atoms with E-state index in [4.69, 9.17) is 4.74 Å². The van der Waals surface area contributed by atoms with Crippen molar-refractivity contribution in [1.29, 1.82) is 0 Å². The lowest BCUT2D eigenvalue weighted by Crippen LogP contribution is -2.56. The minimum Gasteiger partial charge on any atom is -0.394 e. The fourth-order valence-corrected chi connectivity index (χ4v) is 7.19. The number of carbonyl (C=O) groups excluding carboxylic acids is 3. The number of nitrogens with zero attached hydrogens (tertiary/aromatic N) is 2. The van der Waals surface area contributed by atoms with Crippen molar-refractivity contribution >= 4 is 29.1 Å². The highest BCUT2D eigenvalue weighted by Crippen LogP contribution is 2.63. The zero-order valence-corrected chi connectivity index (χ0v) is 24.3. The minimum absolute atomic E-state index is 0.197. The van der Waals surface area contributed by atoms with Gasteiger partial charge in [-0.1, -0.05) is 20.8 Å². The Morgan fingerprint density at radius 2 is 1.79 bits per heavy atom. The van der Waals surface area contributed by atoms with E-state index in [1.54, 1.807) is 4.90 Å². The zero-order valence-electron chi connectivity index (χ0n) is 24.3. The van der Waals surface area contributed by atoms with E-state index in [1.165, 1.54) is 0 Å². The van der Waals surface area contributed by atoms with Crippen molar-refractivity contribution in [1.82, 2.24) is 10.2 Å². The maximum Gasteiger partial charge on any atom is 0.250 e. The quantitative estimate of drug-likeness (QED) is 0.374. The highest BCUT2D eigenvalue weighted by atomic mass is 16.5. The number of aliphatic hydroxyl groups is 1. The van der Waals surface area contributed by atoms with Crippen LogP contribution in [0.25, 0.3) is 0 Å². The van der Waals surface area contributed by atoms with Crippen molar-refractivity contribution in [2.45, 2.75) is 90.5 Å². The number of aliphatic hydroxyl groups excluding tert-OH is 1. The molecule has 0 aromatic heterocycles. The normalized spacial score (nSPS) is 30.0. The summed E-state index contributed by atoms with van der Waals surface area (Å²) in [6.07, 6.45) is 2.42. The molecular weight excluding hydrogens is 496 g/mol. The van der Waals surface area contributed by atoms with Gasteiger partial charge in [0.05, 0.1) is 30.1 Å². The van der Waals surface area contributed by atoms with Crippen LogP contribution in [0.3, 0.4) is 0 Å².